The summed E-state index contributed by atoms with van der Waals surface area (Å²) in [5.41, 5.74) is 6.74. The molecule has 1 N–H and O–H groups in total. The van der Waals surface area contributed by atoms with Crippen LogP contribution in [0.5, 0.6) is 11.5 Å². The first kappa shape index (κ1) is 11.0. The Labute approximate surface area is 86.2 Å². The molecular weight excluding hydrogens is 200 g/mol. The summed E-state index contributed by atoms with van der Waals surface area (Å²) in [5.74, 6) is 0.104. The first-order valence-electron chi connectivity index (χ1n) is 4.03. The monoisotopic (exact) mass is 210 g/mol. The molecule has 0 saturated carbocycles. The van der Waals surface area contributed by atoms with E-state index in [-0.39, 0.29) is 11.3 Å². The van der Waals surface area contributed by atoms with Crippen molar-refractivity contribution >= 4 is 5.97 Å². The van der Waals surface area contributed by atoms with Crippen LogP contribution >= 0.6 is 0 Å². The Bertz CT molecular complexity index is 378. The first-order chi connectivity index (χ1) is 7.22. The zero-order valence-corrected chi connectivity index (χ0v) is 8.31. The summed E-state index contributed by atoms with van der Waals surface area (Å²) >= 11 is 0. The highest BCUT2D eigenvalue weighted by Crippen LogP contribution is 2.24. The zero-order chi connectivity index (χ0) is 11.3. The van der Waals surface area contributed by atoms with Crippen molar-refractivity contribution in [1.82, 2.24) is 0 Å². The maximum Gasteiger partial charge on any atom is 0.341 e. The number of carbonyl (C=O) groups is 1. The van der Waals surface area contributed by atoms with Gasteiger partial charge in [0, 0.05) is 11.3 Å². The number of methoxy groups -OCH3 is 2. The van der Waals surface area contributed by atoms with E-state index in [1.54, 1.807) is 0 Å². The molecule has 0 aromatic heterocycles. The number of nitrogens with zero attached hydrogens (tertiary/aromatic N) is 1. The van der Waals surface area contributed by atoms with Gasteiger partial charge in [0.05, 0.1) is 14.2 Å². The fourth-order valence-corrected chi connectivity index (χ4v) is 1.07. The van der Waals surface area contributed by atoms with Gasteiger partial charge in [0.2, 0.25) is 0 Å². The molecule has 1 aromatic rings. The summed E-state index contributed by atoms with van der Waals surface area (Å²) in [6.45, 7) is 0. The van der Waals surface area contributed by atoms with Crippen molar-refractivity contribution in [3.05, 3.63) is 23.8 Å². The maximum absolute atomic E-state index is 11.3. The summed E-state index contributed by atoms with van der Waals surface area (Å²) in [6.07, 6.45) is 0. The lowest BCUT2D eigenvalue weighted by atomic mass is 10.2. The number of benzene rings is 1. The van der Waals surface area contributed by atoms with Crippen molar-refractivity contribution in [3.63, 3.8) is 0 Å². The predicted molar refractivity (Wildman–Crippen MR) is 50.1 cm³/mol. The Morgan fingerprint density at radius 2 is 2.13 bits per heavy atom. The van der Waals surface area contributed by atoms with E-state index < -0.39 is 5.97 Å². The summed E-state index contributed by atoms with van der Waals surface area (Å²) in [6, 6.07) is 4.46. The molecule has 0 saturated heterocycles. The second-order valence-electron chi connectivity index (χ2n) is 2.54. The summed E-state index contributed by atoms with van der Waals surface area (Å²) < 4.78 is 9.53. The molecule has 0 radical (unpaired) electrons. The highest BCUT2D eigenvalue weighted by molar-refractivity contribution is 5.92. The molecule has 0 fully saturated rings. The molecule has 1 aromatic carbocycles. The normalized spacial score (nSPS) is 9.20. The Balaban J connectivity index is 3.12. The van der Waals surface area contributed by atoms with Crippen molar-refractivity contribution in [1.29, 1.82) is 5.53 Å². The molecule has 6 nitrogen and oxygen atoms in total. The van der Waals surface area contributed by atoms with Crippen LogP contribution in [0, 0.1) is 5.53 Å². The lowest BCUT2D eigenvalue weighted by Gasteiger charge is -2.07. The van der Waals surface area contributed by atoms with Gasteiger partial charge >= 0.3 is 5.97 Å². The Hall–Kier alpha value is -2.11. The molecule has 0 aliphatic heterocycles. The smallest absolute Gasteiger partial charge is 0.341 e. The quantitative estimate of drug-likeness (QED) is 0.466. The molecule has 0 spiro atoms. The van der Waals surface area contributed by atoms with Crippen LogP contribution in [0.15, 0.2) is 23.5 Å². The van der Waals surface area contributed by atoms with Gasteiger partial charge in [0.25, 0.3) is 0 Å². The lowest BCUT2D eigenvalue weighted by molar-refractivity contribution is 0.0596. The van der Waals surface area contributed by atoms with E-state index in [0.717, 1.165) is 0 Å². The molecule has 6 heteroatoms. The van der Waals surface area contributed by atoms with E-state index in [2.05, 4.69) is 14.9 Å². The molecule has 0 amide bonds. The van der Waals surface area contributed by atoms with Gasteiger partial charge in [-0.1, -0.05) is 0 Å². The van der Waals surface area contributed by atoms with Crippen molar-refractivity contribution in [3.8, 4) is 11.5 Å². The predicted octanol–water partition coefficient (Wildman–Crippen LogP) is 1.81. The highest BCUT2D eigenvalue weighted by Gasteiger charge is 2.13. The Kier molecular flexibility index (Phi) is 3.61. The largest absolute Gasteiger partial charge is 0.496 e. The molecule has 0 aliphatic rings. The first-order valence-corrected chi connectivity index (χ1v) is 4.03. The Morgan fingerprint density at radius 1 is 1.40 bits per heavy atom. The molecule has 80 valence electrons. The zero-order valence-electron chi connectivity index (χ0n) is 8.31. The number of nitrogens with one attached hydrogen (secondary N) is 1. The van der Waals surface area contributed by atoms with Crippen LogP contribution < -0.4 is 9.57 Å². The second kappa shape index (κ2) is 4.94. The van der Waals surface area contributed by atoms with Gasteiger partial charge in [-0.25, -0.2) is 4.79 Å². The number of ether oxygens (including phenoxy) is 2. The van der Waals surface area contributed by atoms with Gasteiger partial charge in [0.1, 0.15) is 11.3 Å². The van der Waals surface area contributed by atoms with Gasteiger partial charge in [-0.05, 0) is 12.1 Å². The molecule has 0 unspecified atom stereocenters. The third-order valence-corrected chi connectivity index (χ3v) is 1.73. The van der Waals surface area contributed by atoms with E-state index in [1.165, 1.54) is 32.4 Å². The third kappa shape index (κ3) is 2.43. The van der Waals surface area contributed by atoms with Crippen molar-refractivity contribution in [2.24, 2.45) is 5.28 Å². The number of hydrogen-bond acceptors (Lipinski definition) is 6. The number of rotatable bonds is 4. The number of hydrogen-bond donors (Lipinski definition) is 1. The number of carbonyl (C=O) groups excluding carboxylic acids is 1. The highest BCUT2D eigenvalue weighted by atomic mass is 16.6. The minimum absolute atomic E-state index is 0.223. The minimum atomic E-state index is -0.540. The molecule has 15 heavy (non-hydrogen) atoms. The van der Waals surface area contributed by atoms with Crippen LogP contribution in [-0.2, 0) is 4.74 Å². The third-order valence-electron chi connectivity index (χ3n) is 1.73. The van der Waals surface area contributed by atoms with E-state index in [9.17, 15) is 4.79 Å². The van der Waals surface area contributed by atoms with Crippen LogP contribution in [0.3, 0.4) is 0 Å². The van der Waals surface area contributed by atoms with Gasteiger partial charge in [0.15, 0.2) is 5.75 Å². The summed E-state index contributed by atoms with van der Waals surface area (Å²) in [5, 5.41) is 2.74. The lowest BCUT2D eigenvalue weighted by Crippen LogP contribution is -2.04. The molecular formula is C9H10N2O4. The molecule has 0 aliphatic carbocycles. The fraction of sp³-hybridized carbons (Fsp3) is 0.222. The topological polar surface area (TPSA) is 81.0 Å². The maximum atomic E-state index is 11.3. The molecule has 1 rings (SSSR count). The Morgan fingerprint density at radius 3 is 2.67 bits per heavy atom. The van der Waals surface area contributed by atoms with E-state index >= 15 is 0 Å². The molecule has 0 atom stereocenters. The fourth-order valence-electron chi connectivity index (χ4n) is 1.07. The standard InChI is InChI=1S/C9H10N2O4/c1-13-8-4-3-6(15-11-10)5-7(8)9(12)14-2/h3-5,10H,1-2H3. The van der Waals surface area contributed by atoms with Crippen LogP contribution in [0.2, 0.25) is 0 Å². The van der Waals surface area contributed by atoms with Gasteiger partial charge in [-0.15, -0.1) is 0 Å². The SMILES string of the molecule is COC(=O)c1cc(ON=N)ccc1OC. The molecule has 0 heterocycles. The number of esters is 1. The van der Waals surface area contributed by atoms with Crippen LogP contribution in [0.4, 0.5) is 0 Å². The average molecular weight is 210 g/mol. The van der Waals surface area contributed by atoms with Gasteiger partial charge < -0.3 is 14.3 Å². The van der Waals surface area contributed by atoms with E-state index in [4.69, 9.17) is 10.3 Å². The summed E-state index contributed by atoms with van der Waals surface area (Å²) in [4.78, 5) is 15.9. The van der Waals surface area contributed by atoms with Crippen molar-refractivity contribution < 1.29 is 19.1 Å². The van der Waals surface area contributed by atoms with Crippen molar-refractivity contribution in [2.75, 3.05) is 14.2 Å². The van der Waals surface area contributed by atoms with Crippen LogP contribution in [-0.4, -0.2) is 20.2 Å². The summed E-state index contributed by atoms with van der Waals surface area (Å²) in [7, 11) is 2.71. The second-order valence-corrected chi connectivity index (χ2v) is 2.54. The molecule has 0 bridgehead atoms. The average Bonchev–Trinajstić information content (AvgIpc) is 2.28. The van der Waals surface area contributed by atoms with Crippen molar-refractivity contribution in [2.45, 2.75) is 0 Å². The van der Waals surface area contributed by atoms with Crippen LogP contribution in [0.25, 0.3) is 0 Å². The van der Waals surface area contributed by atoms with E-state index in [0.29, 0.717) is 5.75 Å². The minimum Gasteiger partial charge on any atom is -0.496 e. The van der Waals surface area contributed by atoms with E-state index in [1.807, 2.05) is 0 Å². The van der Waals surface area contributed by atoms with Gasteiger partial charge in [-0.3, -0.25) is 0 Å². The van der Waals surface area contributed by atoms with Crippen LogP contribution in [0.1, 0.15) is 10.4 Å². The van der Waals surface area contributed by atoms with Gasteiger partial charge in [-0.2, -0.15) is 5.53 Å².